The minimum atomic E-state index is -1.35. The first-order valence-electron chi connectivity index (χ1n) is 5.47. The molecule has 2 nitrogen and oxygen atoms in total. The Morgan fingerprint density at radius 3 is 2.43 bits per heavy atom. The summed E-state index contributed by atoms with van der Waals surface area (Å²) in [6, 6.07) is 1.10. The number of hydrogen-bond acceptors (Lipinski definition) is 2. The third-order valence-electron chi connectivity index (χ3n) is 3.12. The van der Waals surface area contributed by atoms with Gasteiger partial charge in [-0.3, -0.25) is 0 Å². The third kappa shape index (κ3) is 3.89. The minimum Gasteiger partial charge on any atom is -0.400 e. The van der Waals surface area contributed by atoms with Gasteiger partial charge in [0.15, 0.2) is 0 Å². The predicted molar refractivity (Wildman–Crippen MR) is 62.2 cm³/mol. The van der Waals surface area contributed by atoms with Gasteiger partial charge in [0.2, 0.25) is 0 Å². The lowest BCUT2D eigenvalue weighted by atomic mass is 9.87. The third-order valence-corrected chi connectivity index (χ3v) is 5.55. The molecule has 1 aliphatic rings. The van der Waals surface area contributed by atoms with Gasteiger partial charge in [-0.05, 0) is 31.2 Å². The molecule has 2 unspecified atom stereocenters. The SMILES string of the molecule is CO[SiH](CCC1CCCCC1Cl)OC. The first-order valence-corrected chi connectivity index (χ1v) is 7.67. The largest absolute Gasteiger partial charge is 0.400 e. The summed E-state index contributed by atoms with van der Waals surface area (Å²) in [5.74, 6) is 0.700. The van der Waals surface area contributed by atoms with Gasteiger partial charge in [-0.15, -0.1) is 11.6 Å². The molecule has 1 fully saturated rings. The monoisotopic (exact) mass is 236 g/mol. The molecule has 0 aromatic rings. The van der Waals surface area contributed by atoms with E-state index in [-0.39, 0.29) is 0 Å². The van der Waals surface area contributed by atoms with Crippen molar-refractivity contribution in [1.29, 1.82) is 0 Å². The van der Waals surface area contributed by atoms with E-state index >= 15 is 0 Å². The smallest absolute Gasteiger partial charge is 0.320 e. The molecule has 0 amide bonds. The predicted octanol–water partition coefficient (Wildman–Crippen LogP) is 2.69. The Morgan fingerprint density at radius 1 is 1.21 bits per heavy atom. The summed E-state index contributed by atoms with van der Waals surface area (Å²) in [4.78, 5) is 0. The van der Waals surface area contributed by atoms with Crippen LogP contribution >= 0.6 is 11.6 Å². The fourth-order valence-corrected chi connectivity index (χ4v) is 3.94. The molecule has 2 atom stereocenters. The van der Waals surface area contributed by atoms with E-state index < -0.39 is 9.28 Å². The molecule has 84 valence electrons. The van der Waals surface area contributed by atoms with E-state index in [9.17, 15) is 0 Å². The lowest BCUT2D eigenvalue weighted by Gasteiger charge is -2.27. The average molecular weight is 237 g/mol. The van der Waals surface area contributed by atoms with Crippen LogP contribution in [0.25, 0.3) is 0 Å². The van der Waals surface area contributed by atoms with Crippen LogP contribution in [-0.4, -0.2) is 28.9 Å². The summed E-state index contributed by atoms with van der Waals surface area (Å²) < 4.78 is 10.6. The molecule has 0 bridgehead atoms. The molecular weight excluding hydrogens is 216 g/mol. The highest BCUT2D eigenvalue weighted by molar-refractivity contribution is 6.44. The van der Waals surface area contributed by atoms with Gasteiger partial charge in [-0.25, -0.2) is 0 Å². The van der Waals surface area contributed by atoms with Gasteiger partial charge in [0.05, 0.1) is 0 Å². The van der Waals surface area contributed by atoms with E-state index in [1.54, 1.807) is 14.2 Å². The number of rotatable bonds is 5. The molecule has 14 heavy (non-hydrogen) atoms. The van der Waals surface area contributed by atoms with Crippen molar-refractivity contribution < 1.29 is 8.85 Å². The topological polar surface area (TPSA) is 18.5 Å². The van der Waals surface area contributed by atoms with Gasteiger partial charge in [0.25, 0.3) is 0 Å². The first-order chi connectivity index (χ1) is 6.77. The van der Waals surface area contributed by atoms with Crippen molar-refractivity contribution in [2.75, 3.05) is 14.2 Å². The van der Waals surface area contributed by atoms with Crippen LogP contribution in [0.1, 0.15) is 32.1 Å². The van der Waals surface area contributed by atoms with Crippen molar-refractivity contribution in [2.24, 2.45) is 5.92 Å². The highest BCUT2D eigenvalue weighted by Gasteiger charge is 2.24. The molecule has 0 spiro atoms. The molecule has 0 saturated heterocycles. The molecule has 4 heteroatoms. The van der Waals surface area contributed by atoms with Gasteiger partial charge >= 0.3 is 9.28 Å². The van der Waals surface area contributed by atoms with E-state index in [0.29, 0.717) is 11.3 Å². The number of hydrogen-bond donors (Lipinski definition) is 0. The Bertz CT molecular complexity index is 153. The van der Waals surface area contributed by atoms with Gasteiger partial charge in [0, 0.05) is 19.6 Å². The fourth-order valence-electron chi connectivity index (χ4n) is 2.17. The molecule has 1 aliphatic carbocycles. The van der Waals surface area contributed by atoms with Crippen LogP contribution in [0.2, 0.25) is 6.04 Å². The Balaban J connectivity index is 2.21. The van der Waals surface area contributed by atoms with E-state index in [2.05, 4.69) is 0 Å². The van der Waals surface area contributed by atoms with Crippen molar-refractivity contribution in [2.45, 2.75) is 43.5 Å². The first kappa shape index (κ1) is 12.5. The Labute approximate surface area is 93.8 Å². The van der Waals surface area contributed by atoms with Crippen LogP contribution in [0, 0.1) is 5.92 Å². The lowest BCUT2D eigenvalue weighted by molar-refractivity contribution is 0.268. The molecule has 1 saturated carbocycles. The van der Waals surface area contributed by atoms with E-state index in [4.69, 9.17) is 20.5 Å². The Hall–Kier alpha value is 0.427. The maximum atomic E-state index is 6.29. The van der Waals surface area contributed by atoms with Crippen molar-refractivity contribution in [3.05, 3.63) is 0 Å². The van der Waals surface area contributed by atoms with E-state index in [1.165, 1.54) is 32.1 Å². The Kier molecular flexibility index (Phi) is 6.09. The standard InChI is InChI=1S/C10H21ClO2Si/c1-12-14(13-2)8-7-9-5-3-4-6-10(9)11/h9-10,14H,3-8H2,1-2H3. The number of halogens is 1. The fraction of sp³-hybridized carbons (Fsp3) is 1.00. The summed E-state index contributed by atoms with van der Waals surface area (Å²) >= 11 is 6.29. The van der Waals surface area contributed by atoms with Crippen LogP contribution in [0.3, 0.4) is 0 Å². The molecule has 0 N–H and O–H groups in total. The molecule has 0 aromatic carbocycles. The van der Waals surface area contributed by atoms with E-state index in [0.717, 1.165) is 6.04 Å². The Morgan fingerprint density at radius 2 is 1.86 bits per heavy atom. The second-order valence-corrected chi connectivity index (χ2v) is 6.98. The summed E-state index contributed by atoms with van der Waals surface area (Å²) in [5.41, 5.74) is 0. The quantitative estimate of drug-likeness (QED) is 0.540. The number of alkyl halides is 1. The molecule has 0 aromatic heterocycles. The second kappa shape index (κ2) is 6.83. The summed E-state index contributed by atoms with van der Waals surface area (Å²) in [6.45, 7) is 0. The van der Waals surface area contributed by atoms with Crippen LogP contribution in [0.5, 0.6) is 0 Å². The van der Waals surface area contributed by atoms with E-state index in [1.807, 2.05) is 0 Å². The zero-order valence-electron chi connectivity index (χ0n) is 9.17. The summed E-state index contributed by atoms with van der Waals surface area (Å²) in [5, 5.41) is 0.395. The second-order valence-electron chi connectivity index (χ2n) is 4.04. The normalized spacial score (nSPS) is 28.3. The lowest BCUT2D eigenvalue weighted by Crippen LogP contribution is -2.24. The molecule has 0 radical (unpaired) electrons. The molecule has 0 aliphatic heterocycles. The van der Waals surface area contributed by atoms with Gasteiger partial charge < -0.3 is 8.85 Å². The van der Waals surface area contributed by atoms with Crippen LogP contribution in [0.15, 0.2) is 0 Å². The van der Waals surface area contributed by atoms with Crippen LogP contribution in [-0.2, 0) is 8.85 Å². The molecule has 1 rings (SSSR count). The highest BCUT2D eigenvalue weighted by atomic mass is 35.5. The summed E-state index contributed by atoms with van der Waals surface area (Å²) in [6.07, 6.45) is 6.33. The van der Waals surface area contributed by atoms with Gasteiger partial charge in [-0.1, -0.05) is 12.8 Å². The van der Waals surface area contributed by atoms with Crippen molar-refractivity contribution in [3.63, 3.8) is 0 Å². The minimum absolute atomic E-state index is 0.395. The summed E-state index contributed by atoms with van der Waals surface area (Å²) in [7, 11) is 2.15. The maximum absolute atomic E-state index is 6.29. The van der Waals surface area contributed by atoms with Gasteiger partial charge in [-0.2, -0.15) is 0 Å². The molecular formula is C10H21ClO2Si. The zero-order chi connectivity index (χ0) is 10.4. The van der Waals surface area contributed by atoms with Crippen LogP contribution < -0.4 is 0 Å². The van der Waals surface area contributed by atoms with Crippen molar-refractivity contribution in [1.82, 2.24) is 0 Å². The maximum Gasteiger partial charge on any atom is 0.320 e. The molecule has 0 heterocycles. The van der Waals surface area contributed by atoms with Crippen molar-refractivity contribution >= 4 is 20.9 Å². The average Bonchev–Trinajstić information content (AvgIpc) is 2.22. The van der Waals surface area contributed by atoms with Gasteiger partial charge in [0.1, 0.15) is 0 Å². The highest BCUT2D eigenvalue weighted by Crippen LogP contribution is 2.32. The zero-order valence-corrected chi connectivity index (χ0v) is 11.1. The van der Waals surface area contributed by atoms with Crippen LogP contribution in [0.4, 0.5) is 0 Å². The van der Waals surface area contributed by atoms with Crippen molar-refractivity contribution in [3.8, 4) is 0 Å².